The molecule has 5 rings (SSSR count). The maximum atomic E-state index is 13.0. The molecule has 0 bridgehead atoms. The average Bonchev–Trinajstić information content (AvgIpc) is 3.34. The summed E-state index contributed by atoms with van der Waals surface area (Å²) < 4.78 is 33.0. The van der Waals surface area contributed by atoms with E-state index in [2.05, 4.69) is 25.1 Å². The Morgan fingerprint density at radius 1 is 1.06 bits per heavy atom. The number of rotatable bonds is 4. The molecule has 33 heavy (non-hydrogen) atoms. The Morgan fingerprint density at radius 3 is 2.52 bits per heavy atom. The summed E-state index contributed by atoms with van der Waals surface area (Å²) >= 11 is 0. The summed E-state index contributed by atoms with van der Waals surface area (Å²) in [5.74, 6) is 0.763. The molecule has 1 amide bonds. The fourth-order valence-electron chi connectivity index (χ4n) is 4.11. The third-order valence-corrected chi connectivity index (χ3v) is 7.48. The molecule has 3 aromatic rings. The minimum Gasteiger partial charge on any atom is -0.360 e. The normalized spacial score (nSPS) is 21.1. The number of amides is 1. The molecule has 0 radical (unpaired) electrons. The van der Waals surface area contributed by atoms with E-state index in [4.69, 9.17) is 4.52 Å². The summed E-state index contributed by atoms with van der Waals surface area (Å²) in [6, 6.07) is 16.1. The van der Waals surface area contributed by atoms with E-state index in [1.54, 1.807) is 23.1 Å². The first kappa shape index (κ1) is 21.6. The molecule has 0 saturated carbocycles. The van der Waals surface area contributed by atoms with E-state index in [1.165, 1.54) is 6.07 Å². The molecule has 10 nitrogen and oxygen atoms in total. The van der Waals surface area contributed by atoms with Gasteiger partial charge in [-0.15, -0.1) is 0 Å². The lowest BCUT2D eigenvalue weighted by molar-refractivity contribution is -0.134. The van der Waals surface area contributed by atoms with Gasteiger partial charge in [0.05, 0.1) is 11.7 Å². The Kier molecular flexibility index (Phi) is 5.60. The predicted molar refractivity (Wildman–Crippen MR) is 120 cm³/mol. The standard InChI is InChI=1S/C22H24N6O4S/c1-15(21-24-19(25-32-21)16-7-3-2-4-8-16)27-11-13-28(14-12-27)22(29)20-23-17-9-5-6-10-18(17)33(30,31)26-20/h2-10,15,20,23,26H,11-14H2,1H3. The molecule has 2 N–H and O–H groups in total. The topological polar surface area (TPSA) is 121 Å². The first-order valence-corrected chi connectivity index (χ1v) is 12.2. The zero-order chi connectivity index (χ0) is 23.0. The van der Waals surface area contributed by atoms with Crippen LogP contribution in [0.1, 0.15) is 18.9 Å². The number of nitrogens with zero attached hydrogens (tertiary/aromatic N) is 4. The maximum absolute atomic E-state index is 13.0. The van der Waals surface area contributed by atoms with Crippen molar-refractivity contribution in [2.75, 3.05) is 31.5 Å². The highest BCUT2D eigenvalue weighted by atomic mass is 32.2. The molecule has 3 heterocycles. The van der Waals surface area contributed by atoms with Crippen LogP contribution < -0.4 is 10.0 Å². The highest BCUT2D eigenvalue weighted by molar-refractivity contribution is 7.89. The molecule has 1 saturated heterocycles. The second kappa shape index (κ2) is 8.58. The monoisotopic (exact) mass is 468 g/mol. The molecule has 0 spiro atoms. The fraction of sp³-hybridized carbons (Fsp3) is 0.318. The molecule has 11 heteroatoms. The van der Waals surface area contributed by atoms with E-state index in [9.17, 15) is 13.2 Å². The van der Waals surface area contributed by atoms with Crippen molar-refractivity contribution in [3.05, 3.63) is 60.5 Å². The third-order valence-electron chi connectivity index (χ3n) is 6.00. The van der Waals surface area contributed by atoms with Gasteiger partial charge in [-0.05, 0) is 19.1 Å². The lowest BCUT2D eigenvalue weighted by Crippen LogP contribution is -2.58. The largest absolute Gasteiger partial charge is 0.360 e. The van der Waals surface area contributed by atoms with Crippen molar-refractivity contribution in [1.82, 2.24) is 24.7 Å². The van der Waals surface area contributed by atoms with Crippen LogP contribution in [-0.2, 0) is 14.8 Å². The molecule has 2 aliphatic rings. The van der Waals surface area contributed by atoms with Crippen LogP contribution in [-0.4, -0.2) is 66.6 Å². The van der Waals surface area contributed by atoms with Crippen molar-refractivity contribution >= 4 is 21.6 Å². The maximum Gasteiger partial charge on any atom is 0.261 e. The van der Waals surface area contributed by atoms with Gasteiger partial charge in [0.2, 0.25) is 21.7 Å². The van der Waals surface area contributed by atoms with Gasteiger partial charge < -0.3 is 14.7 Å². The summed E-state index contributed by atoms with van der Waals surface area (Å²) in [6.07, 6.45) is -1.03. The van der Waals surface area contributed by atoms with Crippen LogP contribution in [0.15, 0.2) is 64.0 Å². The van der Waals surface area contributed by atoms with Crippen LogP contribution in [0.2, 0.25) is 0 Å². The number of carbonyl (C=O) groups excluding carboxylic acids is 1. The molecular weight excluding hydrogens is 444 g/mol. The van der Waals surface area contributed by atoms with Crippen LogP contribution in [0.4, 0.5) is 5.69 Å². The zero-order valence-corrected chi connectivity index (χ0v) is 18.8. The number of carbonyl (C=O) groups is 1. The summed E-state index contributed by atoms with van der Waals surface area (Å²) in [4.78, 5) is 21.5. The number of nitrogens with one attached hydrogen (secondary N) is 2. The van der Waals surface area contributed by atoms with E-state index < -0.39 is 16.2 Å². The Balaban J connectivity index is 1.22. The van der Waals surface area contributed by atoms with Gasteiger partial charge in [-0.2, -0.15) is 9.71 Å². The lowest BCUT2D eigenvalue weighted by atomic mass is 10.2. The van der Waals surface area contributed by atoms with Gasteiger partial charge in [-0.1, -0.05) is 47.6 Å². The van der Waals surface area contributed by atoms with Gasteiger partial charge in [0, 0.05) is 31.7 Å². The predicted octanol–water partition coefficient (Wildman–Crippen LogP) is 1.67. The summed E-state index contributed by atoms with van der Waals surface area (Å²) in [7, 11) is -3.75. The average molecular weight is 469 g/mol. The van der Waals surface area contributed by atoms with Crippen molar-refractivity contribution < 1.29 is 17.7 Å². The van der Waals surface area contributed by atoms with Gasteiger partial charge in [-0.25, -0.2) is 8.42 Å². The molecule has 2 aromatic carbocycles. The third kappa shape index (κ3) is 4.22. The first-order valence-electron chi connectivity index (χ1n) is 10.7. The van der Waals surface area contributed by atoms with Gasteiger partial charge in [-0.3, -0.25) is 9.69 Å². The van der Waals surface area contributed by atoms with Crippen molar-refractivity contribution in [3.8, 4) is 11.4 Å². The smallest absolute Gasteiger partial charge is 0.261 e. The summed E-state index contributed by atoms with van der Waals surface area (Å²) in [5.41, 5.74) is 1.31. The van der Waals surface area contributed by atoms with E-state index in [1.807, 2.05) is 37.3 Å². The second-order valence-electron chi connectivity index (χ2n) is 8.05. The van der Waals surface area contributed by atoms with Crippen molar-refractivity contribution in [2.24, 2.45) is 0 Å². The van der Waals surface area contributed by atoms with E-state index >= 15 is 0 Å². The number of hydrogen-bond donors (Lipinski definition) is 2. The number of anilines is 1. The Morgan fingerprint density at radius 2 is 1.76 bits per heavy atom. The Bertz CT molecular complexity index is 1250. The number of benzene rings is 2. The van der Waals surface area contributed by atoms with Gasteiger partial charge >= 0.3 is 0 Å². The number of para-hydroxylation sites is 1. The van der Waals surface area contributed by atoms with Crippen LogP contribution in [0.5, 0.6) is 0 Å². The van der Waals surface area contributed by atoms with Crippen LogP contribution in [0, 0.1) is 0 Å². The highest BCUT2D eigenvalue weighted by Crippen LogP contribution is 2.27. The fourth-order valence-corrected chi connectivity index (χ4v) is 5.38. The molecule has 2 unspecified atom stereocenters. The van der Waals surface area contributed by atoms with Crippen molar-refractivity contribution in [2.45, 2.75) is 24.0 Å². The van der Waals surface area contributed by atoms with Gasteiger partial charge in [0.1, 0.15) is 4.90 Å². The molecule has 2 atom stereocenters. The zero-order valence-electron chi connectivity index (χ0n) is 18.0. The van der Waals surface area contributed by atoms with Crippen LogP contribution >= 0.6 is 0 Å². The molecular formula is C22H24N6O4S. The number of aromatic nitrogens is 2. The van der Waals surface area contributed by atoms with Crippen LogP contribution in [0.3, 0.4) is 0 Å². The van der Waals surface area contributed by atoms with Crippen molar-refractivity contribution in [3.63, 3.8) is 0 Å². The molecule has 1 aromatic heterocycles. The van der Waals surface area contributed by atoms with E-state index in [0.29, 0.717) is 43.6 Å². The number of hydrogen-bond acceptors (Lipinski definition) is 8. The van der Waals surface area contributed by atoms with Crippen LogP contribution in [0.25, 0.3) is 11.4 Å². The van der Waals surface area contributed by atoms with Gasteiger partial charge in [0.15, 0.2) is 6.17 Å². The number of fused-ring (bicyclic) bond motifs is 1. The first-order chi connectivity index (χ1) is 15.9. The number of piperazine rings is 1. The van der Waals surface area contributed by atoms with E-state index in [-0.39, 0.29) is 16.8 Å². The number of sulfonamides is 1. The highest BCUT2D eigenvalue weighted by Gasteiger charge is 2.36. The SMILES string of the molecule is CC(c1nc(-c2ccccc2)no1)N1CCN(C(=O)C2Nc3ccccc3S(=O)(=O)N2)CC1. The molecule has 1 fully saturated rings. The summed E-state index contributed by atoms with van der Waals surface area (Å²) in [5, 5.41) is 7.09. The summed E-state index contributed by atoms with van der Waals surface area (Å²) in [6.45, 7) is 4.13. The molecule has 0 aliphatic carbocycles. The minimum absolute atomic E-state index is 0.106. The van der Waals surface area contributed by atoms with E-state index in [0.717, 1.165) is 5.56 Å². The second-order valence-corrected chi connectivity index (χ2v) is 9.74. The van der Waals surface area contributed by atoms with Crippen molar-refractivity contribution in [1.29, 1.82) is 0 Å². The molecule has 172 valence electrons. The Labute approximate surface area is 191 Å². The van der Waals surface area contributed by atoms with Gasteiger partial charge in [0.25, 0.3) is 5.91 Å². The lowest BCUT2D eigenvalue weighted by Gasteiger charge is -2.39. The Hall–Kier alpha value is -3.28. The molecule has 2 aliphatic heterocycles. The minimum atomic E-state index is -3.75. The quantitative estimate of drug-likeness (QED) is 0.593.